The number of benzene rings is 3. The van der Waals surface area contributed by atoms with E-state index in [4.69, 9.17) is 18.9 Å². The largest absolute Gasteiger partial charge is 0.387 e. The summed E-state index contributed by atoms with van der Waals surface area (Å²) in [5, 5.41) is 11.2. The van der Waals surface area contributed by atoms with E-state index in [1.807, 2.05) is 79.7 Å². The fourth-order valence-electron chi connectivity index (χ4n) is 4.25. The van der Waals surface area contributed by atoms with E-state index in [9.17, 15) is 9.90 Å². The van der Waals surface area contributed by atoms with E-state index in [0.717, 1.165) is 28.5 Å². The summed E-state index contributed by atoms with van der Waals surface area (Å²) in [6, 6.07) is 26.7. The van der Waals surface area contributed by atoms with E-state index < -0.39 is 36.1 Å². The van der Waals surface area contributed by atoms with Gasteiger partial charge < -0.3 is 24.1 Å². The molecule has 2 fully saturated rings. The van der Waals surface area contributed by atoms with Crippen LogP contribution >= 0.6 is 11.8 Å². The third-order valence-corrected chi connectivity index (χ3v) is 7.24. The fourth-order valence-corrected chi connectivity index (χ4v) is 5.30. The molecule has 2 saturated heterocycles. The van der Waals surface area contributed by atoms with Crippen LogP contribution < -0.4 is 0 Å². The van der Waals surface area contributed by atoms with Gasteiger partial charge in [0.2, 0.25) is 5.12 Å². The van der Waals surface area contributed by atoms with Gasteiger partial charge in [0.05, 0.1) is 13.2 Å². The summed E-state index contributed by atoms with van der Waals surface area (Å²) < 4.78 is 24.5. The average molecular weight is 493 g/mol. The van der Waals surface area contributed by atoms with Crippen molar-refractivity contribution >= 4 is 16.9 Å². The van der Waals surface area contributed by atoms with Crippen molar-refractivity contribution in [2.45, 2.75) is 49.7 Å². The highest BCUT2D eigenvalue weighted by Crippen LogP contribution is 2.39. The van der Waals surface area contributed by atoms with E-state index in [2.05, 4.69) is 0 Å². The van der Waals surface area contributed by atoms with Crippen LogP contribution in [0.4, 0.5) is 0 Å². The minimum absolute atomic E-state index is 0.145. The maximum Gasteiger partial charge on any atom is 0.221 e. The molecule has 0 bridgehead atoms. The molecule has 0 radical (unpaired) electrons. The number of aryl methyl sites for hydroxylation is 1. The van der Waals surface area contributed by atoms with Crippen LogP contribution in [0.25, 0.3) is 0 Å². The molecule has 6 nitrogen and oxygen atoms in total. The zero-order valence-corrected chi connectivity index (χ0v) is 20.2. The molecule has 0 spiro atoms. The van der Waals surface area contributed by atoms with Crippen LogP contribution in [0.15, 0.2) is 84.9 Å². The lowest BCUT2D eigenvalue weighted by Crippen LogP contribution is -2.61. The highest BCUT2D eigenvalue weighted by molar-refractivity contribution is 8.14. The standard InChI is InChI=1S/C28H28O6S/c1-18-12-14-20(15-13-18)26(30)35-28-25(31-16-19-8-4-2-5-9-19)23(29)24-22(33-28)17-32-27(34-24)21-10-6-3-7-11-21/h2-15,22-25,27-29H,16-17H2,1H3. The number of carbonyl (C=O) groups is 1. The van der Waals surface area contributed by atoms with Gasteiger partial charge in [-0.15, -0.1) is 0 Å². The molecule has 0 saturated carbocycles. The topological polar surface area (TPSA) is 74.2 Å². The Hall–Kier alpha value is -2.52. The SMILES string of the molecule is Cc1ccc(C(=O)SC2OC3COC(c4ccccc4)OC3C(O)C2OCc2ccccc2)cc1. The van der Waals surface area contributed by atoms with E-state index in [1.54, 1.807) is 12.1 Å². The van der Waals surface area contributed by atoms with E-state index >= 15 is 0 Å². The van der Waals surface area contributed by atoms with Gasteiger partial charge in [-0.1, -0.05) is 90.5 Å². The first-order valence-corrected chi connectivity index (χ1v) is 12.5. The van der Waals surface area contributed by atoms with Crippen molar-refractivity contribution in [3.8, 4) is 0 Å². The summed E-state index contributed by atoms with van der Waals surface area (Å²) >= 11 is 1.02. The lowest BCUT2D eigenvalue weighted by Gasteiger charge is -2.47. The minimum atomic E-state index is -1.00. The number of aliphatic hydroxyl groups is 1. The molecule has 6 atom stereocenters. The second-order valence-electron chi connectivity index (χ2n) is 8.74. The summed E-state index contributed by atoms with van der Waals surface area (Å²) in [5.41, 5.74) is 2.76. The molecular formula is C28H28O6S. The van der Waals surface area contributed by atoms with Crippen molar-refractivity contribution in [1.29, 1.82) is 0 Å². The van der Waals surface area contributed by atoms with Gasteiger partial charge in [-0.3, -0.25) is 4.79 Å². The van der Waals surface area contributed by atoms with Crippen LogP contribution in [0, 0.1) is 6.92 Å². The summed E-state index contributed by atoms with van der Waals surface area (Å²) in [6.07, 6.45) is -3.56. The number of thioether (sulfide) groups is 1. The molecule has 7 heteroatoms. The molecule has 35 heavy (non-hydrogen) atoms. The third-order valence-electron chi connectivity index (χ3n) is 6.18. The zero-order valence-electron chi connectivity index (χ0n) is 19.4. The summed E-state index contributed by atoms with van der Waals surface area (Å²) in [7, 11) is 0. The first-order chi connectivity index (χ1) is 17.1. The van der Waals surface area contributed by atoms with Gasteiger partial charge >= 0.3 is 0 Å². The van der Waals surface area contributed by atoms with Crippen molar-refractivity contribution in [3.05, 3.63) is 107 Å². The van der Waals surface area contributed by atoms with Crippen LogP contribution in [0.2, 0.25) is 0 Å². The predicted molar refractivity (Wildman–Crippen MR) is 133 cm³/mol. The molecule has 3 aromatic carbocycles. The zero-order chi connectivity index (χ0) is 24.2. The number of carbonyl (C=O) groups excluding carboxylic acids is 1. The normalized spacial score (nSPS) is 28.3. The Morgan fingerprint density at radius 2 is 1.66 bits per heavy atom. The molecule has 0 aromatic heterocycles. The smallest absolute Gasteiger partial charge is 0.221 e. The molecule has 6 unspecified atom stereocenters. The molecule has 182 valence electrons. The highest BCUT2D eigenvalue weighted by Gasteiger charge is 2.50. The quantitative estimate of drug-likeness (QED) is 0.537. The van der Waals surface area contributed by atoms with Crippen LogP contribution in [-0.4, -0.2) is 46.7 Å². The summed E-state index contributed by atoms with van der Waals surface area (Å²) in [5.74, 6) is 0. The maximum atomic E-state index is 13.0. The Bertz CT molecular complexity index is 1110. The number of ether oxygens (including phenoxy) is 4. The molecule has 2 aliphatic heterocycles. The van der Waals surface area contributed by atoms with Gasteiger partial charge in [-0.05, 0) is 24.2 Å². The lowest BCUT2D eigenvalue weighted by molar-refractivity contribution is -0.322. The summed E-state index contributed by atoms with van der Waals surface area (Å²) in [4.78, 5) is 13.0. The van der Waals surface area contributed by atoms with Crippen molar-refractivity contribution in [2.75, 3.05) is 6.61 Å². The van der Waals surface area contributed by atoms with E-state index in [0.29, 0.717) is 5.56 Å². The van der Waals surface area contributed by atoms with E-state index in [1.165, 1.54) is 0 Å². The Kier molecular flexibility index (Phi) is 7.63. The average Bonchev–Trinajstić information content (AvgIpc) is 2.90. The lowest BCUT2D eigenvalue weighted by atomic mass is 9.98. The van der Waals surface area contributed by atoms with Gasteiger partial charge in [-0.2, -0.15) is 0 Å². The second-order valence-corrected chi connectivity index (χ2v) is 9.81. The van der Waals surface area contributed by atoms with Crippen molar-refractivity contribution < 1.29 is 28.8 Å². The number of fused-ring (bicyclic) bond motifs is 1. The number of aliphatic hydroxyl groups excluding tert-OH is 1. The number of rotatable bonds is 6. The molecule has 2 aliphatic rings. The first-order valence-electron chi connectivity index (χ1n) is 11.7. The Morgan fingerprint density at radius 1 is 0.971 bits per heavy atom. The Labute approximate surface area is 209 Å². The maximum absolute atomic E-state index is 13.0. The molecule has 5 rings (SSSR count). The third kappa shape index (κ3) is 5.67. The molecule has 0 amide bonds. The molecule has 2 heterocycles. The minimum Gasteiger partial charge on any atom is -0.387 e. The van der Waals surface area contributed by atoms with Gasteiger partial charge in [0, 0.05) is 11.1 Å². The van der Waals surface area contributed by atoms with Gasteiger partial charge in [-0.25, -0.2) is 0 Å². The highest BCUT2D eigenvalue weighted by atomic mass is 32.2. The molecule has 0 aliphatic carbocycles. The second kappa shape index (κ2) is 11.0. The summed E-state index contributed by atoms with van der Waals surface area (Å²) in [6.45, 7) is 2.49. The van der Waals surface area contributed by atoms with E-state index in [-0.39, 0.29) is 18.3 Å². The Morgan fingerprint density at radius 3 is 2.37 bits per heavy atom. The first kappa shape index (κ1) is 24.2. The molecule has 1 N–H and O–H groups in total. The van der Waals surface area contributed by atoms with Crippen LogP contribution in [0.3, 0.4) is 0 Å². The van der Waals surface area contributed by atoms with Gasteiger partial charge in [0.15, 0.2) is 6.29 Å². The Balaban J connectivity index is 1.34. The molecule has 3 aromatic rings. The van der Waals surface area contributed by atoms with Crippen LogP contribution in [0.5, 0.6) is 0 Å². The number of hydrogen-bond donors (Lipinski definition) is 1. The monoisotopic (exact) mass is 492 g/mol. The predicted octanol–water partition coefficient (Wildman–Crippen LogP) is 4.65. The fraction of sp³-hybridized carbons (Fsp3) is 0.321. The van der Waals surface area contributed by atoms with Gasteiger partial charge in [0.1, 0.15) is 29.9 Å². The van der Waals surface area contributed by atoms with Crippen LogP contribution in [-0.2, 0) is 25.6 Å². The van der Waals surface area contributed by atoms with Gasteiger partial charge in [0.25, 0.3) is 0 Å². The van der Waals surface area contributed by atoms with Crippen LogP contribution in [0.1, 0.15) is 33.3 Å². The van der Waals surface area contributed by atoms with Crippen molar-refractivity contribution in [3.63, 3.8) is 0 Å². The number of hydrogen-bond acceptors (Lipinski definition) is 7. The van der Waals surface area contributed by atoms with Crippen molar-refractivity contribution in [1.82, 2.24) is 0 Å². The van der Waals surface area contributed by atoms with Crippen molar-refractivity contribution in [2.24, 2.45) is 0 Å². The molecular weight excluding hydrogens is 464 g/mol.